The minimum Gasteiger partial charge on any atom is -0.492 e. The maximum absolute atomic E-state index is 12.4. The Morgan fingerprint density at radius 1 is 1.09 bits per heavy atom. The molecule has 6 heteroatoms. The second-order valence-corrected chi connectivity index (χ2v) is 9.14. The van der Waals surface area contributed by atoms with Crippen LogP contribution in [0.4, 0.5) is 0 Å². The van der Waals surface area contributed by atoms with E-state index in [1.807, 2.05) is 24.3 Å². The topological polar surface area (TPSA) is 71.8 Å². The second kappa shape index (κ2) is 8.94. The molecule has 1 aliphatic carbocycles. The monoisotopic (exact) mass is 434 g/mol. The first-order valence-electron chi connectivity index (χ1n) is 11.7. The van der Waals surface area contributed by atoms with E-state index in [4.69, 9.17) is 9.15 Å². The van der Waals surface area contributed by atoms with Gasteiger partial charge in [-0.3, -0.25) is 14.9 Å². The first-order valence-corrected chi connectivity index (χ1v) is 11.7. The molecule has 1 saturated carbocycles. The Labute approximate surface area is 187 Å². The molecule has 1 N–H and O–H groups in total. The van der Waals surface area contributed by atoms with Crippen LogP contribution in [-0.2, 0) is 9.59 Å². The van der Waals surface area contributed by atoms with Crippen molar-refractivity contribution in [2.24, 2.45) is 0 Å². The Balaban J connectivity index is 1.34. The van der Waals surface area contributed by atoms with Crippen LogP contribution in [0.3, 0.4) is 0 Å². The fourth-order valence-electron chi connectivity index (χ4n) is 5.22. The van der Waals surface area contributed by atoms with Crippen LogP contribution < -0.4 is 10.1 Å². The predicted molar refractivity (Wildman–Crippen MR) is 124 cm³/mol. The van der Waals surface area contributed by atoms with Gasteiger partial charge >= 0.3 is 0 Å². The third-order valence-electron chi connectivity index (χ3n) is 7.08. The maximum Gasteiger partial charge on any atom is 0.234 e. The zero-order valence-corrected chi connectivity index (χ0v) is 18.6. The molecule has 2 fully saturated rings. The lowest BCUT2D eigenvalue weighted by Gasteiger charge is -2.31. The molecule has 168 valence electrons. The van der Waals surface area contributed by atoms with Gasteiger partial charge in [-0.25, -0.2) is 0 Å². The molecule has 2 amide bonds. The lowest BCUT2D eigenvalue weighted by atomic mass is 9.89. The standard InChI is InChI=1S/C26H30N2O4/c1-28(18-5-3-2-4-6-18)13-14-31-19-8-9-20-17(15-19)7-11-23-25(20)22(16-32-23)21-10-12-24(29)27-26(21)30/h7-9,11,15-16,18,21H,2-6,10,12-14H2,1H3,(H,27,29,30). The van der Waals surface area contributed by atoms with Crippen molar-refractivity contribution in [3.05, 3.63) is 42.2 Å². The third kappa shape index (κ3) is 4.11. The van der Waals surface area contributed by atoms with Crippen LogP contribution in [0.15, 0.2) is 41.0 Å². The number of imide groups is 1. The minimum absolute atomic E-state index is 0.208. The lowest BCUT2D eigenvalue weighted by Crippen LogP contribution is -2.39. The van der Waals surface area contributed by atoms with Gasteiger partial charge in [0, 0.05) is 30.0 Å². The van der Waals surface area contributed by atoms with Crippen molar-refractivity contribution in [1.29, 1.82) is 0 Å². The highest BCUT2D eigenvalue weighted by atomic mass is 16.5. The van der Waals surface area contributed by atoms with E-state index in [1.165, 1.54) is 32.1 Å². The van der Waals surface area contributed by atoms with E-state index in [2.05, 4.69) is 23.3 Å². The largest absolute Gasteiger partial charge is 0.492 e. The predicted octanol–water partition coefficient (Wildman–Crippen LogP) is 4.75. The molecule has 1 aliphatic heterocycles. The summed E-state index contributed by atoms with van der Waals surface area (Å²) in [5, 5.41) is 5.47. The van der Waals surface area contributed by atoms with Crippen LogP contribution in [-0.4, -0.2) is 43.0 Å². The number of benzene rings is 2. The number of hydrogen-bond donors (Lipinski definition) is 1. The molecule has 32 heavy (non-hydrogen) atoms. The van der Waals surface area contributed by atoms with Crippen molar-refractivity contribution in [1.82, 2.24) is 10.2 Å². The highest BCUT2D eigenvalue weighted by molar-refractivity contribution is 6.10. The van der Waals surface area contributed by atoms with Gasteiger partial charge in [0.25, 0.3) is 0 Å². The van der Waals surface area contributed by atoms with Gasteiger partial charge in [-0.05, 0) is 61.3 Å². The van der Waals surface area contributed by atoms with Gasteiger partial charge in [0.1, 0.15) is 17.9 Å². The molecule has 1 aromatic heterocycles. The molecule has 0 bridgehead atoms. The fraction of sp³-hybridized carbons (Fsp3) is 0.462. The summed E-state index contributed by atoms with van der Waals surface area (Å²) >= 11 is 0. The number of nitrogens with zero attached hydrogens (tertiary/aromatic N) is 1. The average molecular weight is 435 g/mol. The summed E-state index contributed by atoms with van der Waals surface area (Å²) in [4.78, 5) is 26.4. The number of furan rings is 1. The van der Waals surface area contributed by atoms with Crippen LogP contribution in [0, 0.1) is 0 Å². The molecule has 1 atom stereocenters. The van der Waals surface area contributed by atoms with Gasteiger partial charge in [-0.2, -0.15) is 0 Å². The van der Waals surface area contributed by atoms with E-state index >= 15 is 0 Å². The van der Waals surface area contributed by atoms with Crippen molar-refractivity contribution in [3.8, 4) is 5.75 Å². The number of carbonyl (C=O) groups is 2. The number of rotatable bonds is 6. The first kappa shape index (κ1) is 21.0. The zero-order chi connectivity index (χ0) is 22.1. The summed E-state index contributed by atoms with van der Waals surface area (Å²) in [7, 11) is 2.20. The Kier molecular flexibility index (Phi) is 5.87. The van der Waals surface area contributed by atoms with Gasteiger partial charge in [-0.1, -0.05) is 25.3 Å². The Morgan fingerprint density at radius 3 is 2.75 bits per heavy atom. The van der Waals surface area contributed by atoms with Crippen LogP contribution in [0.2, 0.25) is 0 Å². The van der Waals surface area contributed by atoms with E-state index in [1.54, 1.807) is 6.26 Å². The number of ether oxygens (including phenoxy) is 1. The molecule has 1 saturated heterocycles. The summed E-state index contributed by atoms with van der Waals surface area (Å²) in [6.45, 7) is 1.58. The van der Waals surface area contributed by atoms with E-state index in [0.717, 1.165) is 39.6 Å². The molecule has 1 unspecified atom stereocenters. The number of amides is 2. The van der Waals surface area contributed by atoms with E-state index < -0.39 is 0 Å². The van der Waals surface area contributed by atoms with Crippen molar-refractivity contribution < 1.29 is 18.7 Å². The molecular formula is C26H30N2O4. The van der Waals surface area contributed by atoms with Gasteiger partial charge in [0.15, 0.2) is 0 Å². The van der Waals surface area contributed by atoms with E-state index in [-0.39, 0.29) is 17.7 Å². The summed E-state index contributed by atoms with van der Waals surface area (Å²) in [5.41, 5.74) is 1.60. The minimum atomic E-state index is -0.370. The quantitative estimate of drug-likeness (QED) is 0.567. The Bertz CT molecular complexity index is 1150. The molecule has 2 aliphatic rings. The van der Waals surface area contributed by atoms with Crippen LogP contribution >= 0.6 is 0 Å². The SMILES string of the molecule is CN(CCOc1ccc2c(ccc3occ(C4CCC(=O)NC4=O)c32)c1)C1CCCCC1. The van der Waals surface area contributed by atoms with E-state index in [0.29, 0.717) is 25.5 Å². The van der Waals surface area contributed by atoms with Crippen LogP contribution in [0.1, 0.15) is 56.4 Å². The fourth-order valence-corrected chi connectivity index (χ4v) is 5.22. The van der Waals surface area contributed by atoms with Gasteiger partial charge in [-0.15, -0.1) is 0 Å². The number of piperidine rings is 1. The van der Waals surface area contributed by atoms with Gasteiger partial charge < -0.3 is 14.1 Å². The van der Waals surface area contributed by atoms with Crippen molar-refractivity contribution >= 4 is 33.6 Å². The molecule has 0 spiro atoms. The third-order valence-corrected chi connectivity index (χ3v) is 7.08. The first-order chi connectivity index (χ1) is 15.6. The van der Waals surface area contributed by atoms with Crippen LogP contribution in [0.25, 0.3) is 21.7 Å². The normalized spacial score (nSPS) is 20.2. The highest BCUT2D eigenvalue weighted by Crippen LogP contribution is 2.37. The lowest BCUT2D eigenvalue weighted by molar-refractivity contribution is -0.134. The summed E-state index contributed by atoms with van der Waals surface area (Å²) in [6.07, 6.45) is 9.15. The highest BCUT2D eigenvalue weighted by Gasteiger charge is 2.31. The Morgan fingerprint density at radius 2 is 1.94 bits per heavy atom. The Hall–Kier alpha value is -2.86. The molecule has 6 nitrogen and oxygen atoms in total. The molecule has 2 aromatic carbocycles. The second-order valence-electron chi connectivity index (χ2n) is 9.14. The molecule has 5 rings (SSSR count). The molecular weight excluding hydrogens is 404 g/mol. The van der Waals surface area contributed by atoms with Crippen molar-refractivity contribution in [2.75, 3.05) is 20.2 Å². The molecule has 0 radical (unpaired) electrons. The van der Waals surface area contributed by atoms with Gasteiger partial charge in [0.2, 0.25) is 11.8 Å². The van der Waals surface area contributed by atoms with Crippen LogP contribution in [0.5, 0.6) is 5.75 Å². The summed E-state index contributed by atoms with van der Waals surface area (Å²) < 4.78 is 11.8. The number of likely N-dealkylation sites (N-methyl/N-ethyl adjacent to an activating group) is 1. The smallest absolute Gasteiger partial charge is 0.234 e. The average Bonchev–Trinajstić information content (AvgIpc) is 3.24. The van der Waals surface area contributed by atoms with Gasteiger partial charge in [0.05, 0.1) is 12.2 Å². The van der Waals surface area contributed by atoms with Crippen molar-refractivity contribution in [3.63, 3.8) is 0 Å². The molecule has 2 heterocycles. The zero-order valence-electron chi connectivity index (χ0n) is 18.6. The summed E-state index contributed by atoms with van der Waals surface area (Å²) in [6, 6.07) is 10.7. The summed E-state index contributed by atoms with van der Waals surface area (Å²) in [5.74, 6) is 0.0218. The number of carbonyl (C=O) groups excluding carboxylic acids is 2. The van der Waals surface area contributed by atoms with E-state index in [9.17, 15) is 9.59 Å². The number of hydrogen-bond acceptors (Lipinski definition) is 5. The molecule has 3 aromatic rings. The van der Waals surface area contributed by atoms with Crippen molar-refractivity contribution in [2.45, 2.75) is 56.9 Å². The maximum atomic E-state index is 12.4. The number of nitrogens with one attached hydrogen (secondary N) is 1. The number of fused-ring (bicyclic) bond motifs is 3.